The average molecular weight is 279 g/mol. The average Bonchev–Trinajstić information content (AvgIpc) is 3.14. The lowest BCUT2D eigenvalue weighted by atomic mass is 10.2. The third kappa shape index (κ3) is 3.82. The zero-order chi connectivity index (χ0) is 14.7. The number of aromatic nitrogens is 2. The van der Waals surface area contributed by atoms with E-state index in [-0.39, 0.29) is 17.9 Å². The van der Waals surface area contributed by atoms with Gasteiger partial charge in [-0.1, -0.05) is 13.8 Å². The smallest absolute Gasteiger partial charge is 0.323 e. The summed E-state index contributed by atoms with van der Waals surface area (Å²) in [5.74, 6) is 0.155. The Bertz CT molecular complexity index is 535. The van der Waals surface area contributed by atoms with Crippen LogP contribution in [0, 0.1) is 11.8 Å². The van der Waals surface area contributed by atoms with Crippen LogP contribution in [0.5, 0.6) is 0 Å². The first-order chi connectivity index (χ1) is 9.47. The molecular weight excluding hydrogens is 258 g/mol. The molecule has 1 N–H and O–H groups in total. The maximum absolute atomic E-state index is 12.4. The first kappa shape index (κ1) is 14.6. The largest absolute Gasteiger partial charge is 0.480 e. The zero-order valence-corrected chi connectivity index (χ0v) is 12.0. The summed E-state index contributed by atoms with van der Waals surface area (Å²) < 4.78 is 1.61. The fourth-order valence-electron chi connectivity index (χ4n) is 2.19. The van der Waals surface area contributed by atoms with Gasteiger partial charge in [0.05, 0.1) is 0 Å². The minimum absolute atomic E-state index is 0.176. The second-order valence-corrected chi connectivity index (χ2v) is 5.82. The molecule has 6 heteroatoms. The van der Waals surface area contributed by atoms with Gasteiger partial charge in [0, 0.05) is 25.5 Å². The standard InChI is InChI=1S/C14H21N3O3/c1-10(2)7-16-6-5-15-13(14(16)20)17(9-12(18)19)8-11-3-4-11/h5-6,10-11H,3-4,7-9H2,1-2H3,(H,18,19). The summed E-state index contributed by atoms with van der Waals surface area (Å²) in [4.78, 5) is 29.1. The van der Waals surface area contributed by atoms with E-state index in [2.05, 4.69) is 4.98 Å². The van der Waals surface area contributed by atoms with Crippen molar-refractivity contribution in [2.75, 3.05) is 18.0 Å². The van der Waals surface area contributed by atoms with Gasteiger partial charge in [0.15, 0.2) is 5.82 Å². The third-order valence-electron chi connectivity index (χ3n) is 3.26. The molecule has 0 bridgehead atoms. The highest BCUT2D eigenvalue weighted by Crippen LogP contribution is 2.30. The number of carboxylic acids is 1. The van der Waals surface area contributed by atoms with Gasteiger partial charge in [-0.2, -0.15) is 0 Å². The lowest BCUT2D eigenvalue weighted by Crippen LogP contribution is -2.38. The van der Waals surface area contributed by atoms with Crippen molar-refractivity contribution >= 4 is 11.8 Å². The van der Waals surface area contributed by atoms with E-state index in [0.717, 1.165) is 12.8 Å². The molecule has 0 saturated heterocycles. The van der Waals surface area contributed by atoms with Crippen molar-refractivity contribution in [3.05, 3.63) is 22.7 Å². The zero-order valence-electron chi connectivity index (χ0n) is 12.0. The Balaban J connectivity index is 2.26. The summed E-state index contributed by atoms with van der Waals surface area (Å²) in [6.07, 6.45) is 5.43. The van der Waals surface area contributed by atoms with Gasteiger partial charge < -0.3 is 14.6 Å². The number of hydrogen-bond donors (Lipinski definition) is 1. The lowest BCUT2D eigenvalue weighted by molar-refractivity contribution is -0.135. The number of rotatable bonds is 7. The first-order valence-corrected chi connectivity index (χ1v) is 6.99. The Labute approximate surface area is 118 Å². The molecule has 1 aromatic rings. The fourth-order valence-corrected chi connectivity index (χ4v) is 2.19. The Morgan fingerprint density at radius 1 is 1.55 bits per heavy atom. The maximum Gasteiger partial charge on any atom is 0.323 e. The molecule has 1 aliphatic carbocycles. The highest BCUT2D eigenvalue weighted by molar-refractivity contribution is 5.73. The molecule has 0 unspecified atom stereocenters. The van der Waals surface area contributed by atoms with Gasteiger partial charge in [0.1, 0.15) is 6.54 Å². The van der Waals surface area contributed by atoms with Gasteiger partial charge in [0.2, 0.25) is 0 Å². The maximum atomic E-state index is 12.4. The summed E-state index contributed by atoms with van der Waals surface area (Å²) >= 11 is 0. The Hall–Kier alpha value is -1.85. The van der Waals surface area contributed by atoms with Gasteiger partial charge in [-0.25, -0.2) is 4.98 Å². The predicted molar refractivity (Wildman–Crippen MR) is 75.9 cm³/mol. The molecule has 20 heavy (non-hydrogen) atoms. The summed E-state index contributed by atoms with van der Waals surface area (Å²) in [5.41, 5.74) is -0.205. The molecule has 2 rings (SSSR count). The number of aliphatic carboxylic acids is 1. The first-order valence-electron chi connectivity index (χ1n) is 6.99. The molecule has 1 aliphatic rings. The van der Waals surface area contributed by atoms with Crippen LogP contribution in [0.25, 0.3) is 0 Å². The van der Waals surface area contributed by atoms with Crippen molar-refractivity contribution in [1.29, 1.82) is 0 Å². The van der Waals surface area contributed by atoms with Crippen molar-refractivity contribution in [2.24, 2.45) is 11.8 Å². The van der Waals surface area contributed by atoms with Crippen LogP contribution in [0.4, 0.5) is 5.82 Å². The van der Waals surface area contributed by atoms with Gasteiger partial charge in [-0.3, -0.25) is 9.59 Å². The molecule has 1 heterocycles. The number of nitrogens with zero attached hydrogens (tertiary/aromatic N) is 3. The van der Waals surface area contributed by atoms with Crippen molar-refractivity contribution in [2.45, 2.75) is 33.2 Å². The van der Waals surface area contributed by atoms with Crippen molar-refractivity contribution in [3.63, 3.8) is 0 Å². The molecule has 1 aromatic heterocycles. The minimum atomic E-state index is -0.939. The third-order valence-corrected chi connectivity index (χ3v) is 3.26. The van der Waals surface area contributed by atoms with Crippen LogP contribution in [0.15, 0.2) is 17.2 Å². The van der Waals surface area contributed by atoms with E-state index in [9.17, 15) is 9.59 Å². The number of anilines is 1. The van der Waals surface area contributed by atoms with E-state index in [1.165, 1.54) is 0 Å². The Kier molecular flexibility index (Phi) is 4.42. The number of carboxylic acid groups (broad SMARTS) is 1. The predicted octanol–water partition coefficient (Wildman–Crippen LogP) is 1.20. The lowest BCUT2D eigenvalue weighted by Gasteiger charge is -2.21. The molecule has 0 spiro atoms. The monoisotopic (exact) mass is 279 g/mol. The Morgan fingerprint density at radius 2 is 2.25 bits per heavy atom. The molecule has 0 aliphatic heterocycles. The number of hydrogen-bond acceptors (Lipinski definition) is 4. The van der Waals surface area contributed by atoms with Crippen molar-refractivity contribution < 1.29 is 9.90 Å². The second kappa shape index (κ2) is 6.07. The van der Waals surface area contributed by atoms with E-state index in [4.69, 9.17) is 5.11 Å². The van der Waals surface area contributed by atoms with Crippen LogP contribution in [-0.4, -0.2) is 33.7 Å². The fraction of sp³-hybridized carbons (Fsp3) is 0.643. The molecule has 1 fully saturated rings. The molecule has 0 aromatic carbocycles. The van der Waals surface area contributed by atoms with Crippen LogP contribution < -0.4 is 10.5 Å². The molecule has 6 nitrogen and oxygen atoms in total. The molecule has 110 valence electrons. The highest BCUT2D eigenvalue weighted by Gasteiger charge is 2.27. The van der Waals surface area contributed by atoms with Crippen molar-refractivity contribution in [3.8, 4) is 0 Å². The number of carbonyl (C=O) groups is 1. The van der Waals surface area contributed by atoms with Crippen LogP contribution in [0.3, 0.4) is 0 Å². The highest BCUT2D eigenvalue weighted by atomic mass is 16.4. The molecule has 0 radical (unpaired) electrons. The SMILES string of the molecule is CC(C)Cn1ccnc(N(CC(=O)O)CC2CC2)c1=O. The van der Waals surface area contributed by atoms with Gasteiger partial charge in [-0.15, -0.1) is 0 Å². The topological polar surface area (TPSA) is 75.4 Å². The van der Waals surface area contributed by atoms with Crippen LogP contribution in [0.2, 0.25) is 0 Å². The summed E-state index contributed by atoms with van der Waals surface area (Å²) in [7, 11) is 0. The summed E-state index contributed by atoms with van der Waals surface area (Å²) in [5, 5.41) is 9.01. The van der Waals surface area contributed by atoms with Crippen LogP contribution >= 0.6 is 0 Å². The second-order valence-electron chi connectivity index (χ2n) is 5.82. The quantitative estimate of drug-likeness (QED) is 0.811. The van der Waals surface area contributed by atoms with Gasteiger partial charge >= 0.3 is 5.97 Å². The van der Waals surface area contributed by atoms with Crippen molar-refractivity contribution in [1.82, 2.24) is 9.55 Å². The van der Waals surface area contributed by atoms with Gasteiger partial charge in [0.25, 0.3) is 5.56 Å². The Morgan fingerprint density at radius 3 is 2.80 bits per heavy atom. The van der Waals surface area contributed by atoms with E-state index >= 15 is 0 Å². The molecule has 1 saturated carbocycles. The summed E-state index contributed by atoms with van der Waals surface area (Å²) in [6.45, 7) is 5.10. The summed E-state index contributed by atoms with van der Waals surface area (Å²) in [6, 6.07) is 0. The normalized spacial score (nSPS) is 14.6. The van der Waals surface area contributed by atoms with Crippen LogP contribution in [0.1, 0.15) is 26.7 Å². The molecule has 0 atom stereocenters. The molecule has 0 amide bonds. The van der Waals surface area contributed by atoms with E-state index in [0.29, 0.717) is 24.9 Å². The molecular formula is C14H21N3O3. The van der Waals surface area contributed by atoms with Crippen LogP contribution in [-0.2, 0) is 11.3 Å². The van der Waals surface area contributed by atoms with E-state index in [1.54, 1.807) is 21.9 Å². The van der Waals surface area contributed by atoms with E-state index < -0.39 is 5.97 Å². The van der Waals surface area contributed by atoms with E-state index in [1.807, 2.05) is 13.8 Å². The minimum Gasteiger partial charge on any atom is -0.480 e. The van der Waals surface area contributed by atoms with Gasteiger partial charge in [-0.05, 0) is 24.7 Å².